The first-order chi connectivity index (χ1) is 6.90. The van der Waals surface area contributed by atoms with Crippen molar-refractivity contribution < 1.29 is 0 Å². The third kappa shape index (κ3) is 3.61. The quantitative estimate of drug-likeness (QED) is 0.863. The minimum Gasteiger partial charge on any atom is -0.342 e. The van der Waals surface area contributed by atoms with Crippen molar-refractivity contribution in [3.63, 3.8) is 0 Å². The maximum atomic E-state index is 4.35. The van der Waals surface area contributed by atoms with Gasteiger partial charge in [-0.25, -0.2) is 15.0 Å². The number of hydrogen-bond donors (Lipinski definition) is 1. The lowest BCUT2D eigenvalue weighted by Crippen LogP contribution is -1.94. The van der Waals surface area contributed by atoms with Crippen LogP contribution in [0.25, 0.3) is 11.2 Å². The lowest BCUT2D eigenvalue weighted by atomic mass is 10.2. The van der Waals surface area contributed by atoms with E-state index in [9.17, 15) is 0 Å². The number of unbranched alkanes of at least 4 members (excludes halogenated alkanes) is 2. The fourth-order valence-corrected chi connectivity index (χ4v) is 1.42. The van der Waals surface area contributed by atoms with Crippen molar-refractivity contribution in [2.24, 2.45) is 0 Å². The number of halogens is 2. The highest BCUT2D eigenvalue weighted by Gasteiger charge is 2.00. The van der Waals surface area contributed by atoms with E-state index in [0.29, 0.717) is 0 Å². The van der Waals surface area contributed by atoms with Crippen LogP contribution in [-0.2, 0) is 6.42 Å². The number of aromatic amines is 1. The molecule has 0 radical (unpaired) electrons. The summed E-state index contributed by atoms with van der Waals surface area (Å²) >= 11 is 0. The van der Waals surface area contributed by atoms with E-state index in [-0.39, 0.29) is 24.8 Å². The van der Waals surface area contributed by atoms with Gasteiger partial charge in [-0.05, 0) is 6.42 Å². The summed E-state index contributed by atoms with van der Waals surface area (Å²) in [7, 11) is 0. The molecule has 0 fully saturated rings. The summed E-state index contributed by atoms with van der Waals surface area (Å²) in [5, 5.41) is 0. The van der Waals surface area contributed by atoms with E-state index in [1.807, 2.05) is 0 Å². The Morgan fingerprint density at radius 1 is 1.19 bits per heavy atom. The number of aromatic nitrogens is 4. The third-order valence-electron chi connectivity index (χ3n) is 2.23. The van der Waals surface area contributed by atoms with E-state index in [1.165, 1.54) is 12.8 Å². The van der Waals surface area contributed by atoms with E-state index >= 15 is 0 Å². The van der Waals surface area contributed by atoms with Gasteiger partial charge in [0.2, 0.25) is 0 Å². The van der Waals surface area contributed by atoms with Crippen LogP contribution in [0.15, 0.2) is 12.5 Å². The second-order valence-electron chi connectivity index (χ2n) is 3.38. The summed E-state index contributed by atoms with van der Waals surface area (Å²) in [6.07, 6.45) is 8.03. The predicted molar refractivity (Wildman–Crippen MR) is 69.4 cm³/mol. The van der Waals surface area contributed by atoms with Crippen LogP contribution in [0.3, 0.4) is 0 Å². The van der Waals surface area contributed by atoms with Crippen molar-refractivity contribution >= 4 is 36.0 Å². The molecule has 90 valence electrons. The summed E-state index contributed by atoms with van der Waals surface area (Å²) in [4.78, 5) is 15.7. The van der Waals surface area contributed by atoms with Gasteiger partial charge in [-0.3, -0.25) is 0 Å². The van der Waals surface area contributed by atoms with Gasteiger partial charge >= 0.3 is 0 Å². The number of imidazole rings is 1. The molecule has 2 heterocycles. The van der Waals surface area contributed by atoms with Gasteiger partial charge in [-0.1, -0.05) is 19.8 Å². The first-order valence-corrected chi connectivity index (χ1v) is 5.05. The van der Waals surface area contributed by atoms with E-state index in [0.717, 1.165) is 29.8 Å². The van der Waals surface area contributed by atoms with Crippen molar-refractivity contribution in [2.45, 2.75) is 32.6 Å². The van der Waals surface area contributed by atoms with Gasteiger partial charge in [-0.2, -0.15) is 0 Å². The topological polar surface area (TPSA) is 54.5 Å². The maximum absolute atomic E-state index is 4.35. The van der Waals surface area contributed by atoms with E-state index in [1.54, 1.807) is 12.5 Å². The summed E-state index contributed by atoms with van der Waals surface area (Å²) in [6.45, 7) is 2.19. The second-order valence-corrected chi connectivity index (χ2v) is 3.38. The number of aryl methyl sites for hydroxylation is 1. The number of nitrogens with one attached hydrogen (secondary N) is 1. The monoisotopic (exact) mass is 262 g/mol. The van der Waals surface area contributed by atoms with Crippen molar-refractivity contribution in [3.05, 3.63) is 18.3 Å². The Labute approximate surface area is 107 Å². The van der Waals surface area contributed by atoms with Crippen molar-refractivity contribution in [2.75, 3.05) is 0 Å². The van der Waals surface area contributed by atoms with E-state index in [4.69, 9.17) is 0 Å². The van der Waals surface area contributed by atoms with E-state index < -0.39 is 0 Å². The van der Waals surface area contributed by atoms with Crippen molar-refractivity contribution in [3.8, 4) is 0 Å². The molecule has 0 aliphatic rings. The fourth-order valence-electron chi connectivity index (χ4n) is 1.42. The molecule has 0 bridgehead atoms. The number of rotatable bonds is 4. The molecule has 0 saturated heterocycles. The minimum atomic E-state index is 0. The number of hydrogen-bond acceptors (Lipinski definition) is 3. The summed E-state index contributed by atoms with van der Waals surface area (Å²) in [5.41, 5.74) is 1.68. The van der Waals surface area contributed by atoms with Gasteiger partial charge in [0.15, 0.2) is 5.65 Å². The van der Waals surface area contributed by atoms with Gasteiger partial charge in [-0.15, -0.1) is 24.8 Å². The number of fused-ring (bicyclic) bond motifs is 1. The first kappa shape index (κ1) is 15.1. The smallest absolute Gasteiger partial charge is 0.180 e. The SMILES string of the molecule is CCCCCc1ncc2[nH]cnc2n1.Cl.Cl. The zero-order valence-electron chi connectivity index (χ0n) is 9.14. The van der Waals surface area contributed by atoms with Gasteiger partial charge in [0.1, 0.15) is 11.3 Å². The molecule has 2 aromatic rings. The van der Waals surface area contributed by atoms with Gasteiger partial charge in [0.25, 0.3) is 0 Å². The molecule has 4 nitrogen and oxygen atoms in total. The Balaban J connectivity index is 0.00000112. The molecule has 0 saturated carbocycles. The molecule has 0 unspecified atom stereocenters. The number of nitrogens with zero attached hydrogens (tertiary/aromatic N) is 3. The summed E-state index contributed by atoms with van der Waals surface area (Å²) in [6, 6.07) is 0. The molecule has 0 aromatic carbocycles. The molecule has 16 heavy (non-hydrogen) atoms. The largest absolute Gasteiger partial charge is 0.342 e. The Bertz CT molecular complexity index is 416. The van der Waals surface area contributed by atoms with Crippen LogP contribution < -0.4 is 0 Å². The molecule has 0 aliphatic heterocycles. The normalized spacial score (nSPS) is 9.56. The standard InChI is InChI=1S/C10H14N4.2ClH/c1-2-3-4-5-9-11-6-8-10(14-9)13-7-12-8;;/h6-7H,2-5H2,1H3,(H,11,12,13,14);2*1H. The van der Waals surface area contributed by atoms with E-state index in [2.05, 4.69) is 26.9 Å². The lowest BCUT2D eigenvalue weighted by Gasteiger charge is -1.97. The minimum absolute atomic E-state index is 0. The first-order valence-electron chi connectivity index (χ1n) is 5.05. The second kappa shape index (κ2) is 7.41. The van der Waals surface area contributed by atoms with Crippen molar-refractivity contribution in [1.29, 1.82) is 0 Å². The highest BCUT2D eigenvalue weighted by atomic mass is 35.5. The van der Waals surface area contributed by atoms with Gasteiger partial charge < -0.3 is 4.98 Å². The highest BCUT2D eigenvalue weighted by molar-refractivity contribution is 5.85. The maximum Gasteiger partial charge on any atom is 0.180 e. The average Bonchev–Trinajstić information content (AvgIpc) is 2.65. The molecule has 2 aromatic heterocycles. The molecule has 0 atom stereocenters. The van der Waals surface area contributed by atoms with Crippen LogP contribution >= 0.6 is 24.8 Å². The van der Waals surface area contributed by atoms with Crippen LogP contribution in [0, 0.1) is 0 Å². The fraction of sp³-hybridized carbons (Fsp3) is 0.500. The Hall–Kier alpha value is -0.870. The highest BCUT2D eigenvalue weighted by Crippen LogP contribution is 2.06. The van der Waals surface area contributed by atoms with Gasteiger partial charge in [0.05, 0.1) is 12.5 Å². The Kier molecular flexibility index (Phi) is 7.01. The molecular formula is C10H16Cl2N4. The van der Waals surface area contributed by atoms with Crippen LogP contribution in [0.2, 0.25) is 0 Å². The molecule has 0 amide bonds. The van der Waals surface area contributed by atoms with Gasteiger partial charge in [0, 0.05) is 6.42 Å². The Morgan fingerprint density at radius 2 is 2.00 bits per heavy atom. The molecule has 2 rings (SSSR count). The summed E-state index contributed by atoms with van der Waals surface area (Å²) in [5.74, 6) is 0.901. The molecule has 6 heteroatoms. The third-order valence-corrected chi connectivity index (χ3v) is 2.23. The molecule has 0 spiro atoms. The Morgan fingerprint density at radius 3 is 2.75 bits per heavy atom. The van der Waals surface area contributed by atoms with Crippen LogP contribution in [-0.4, -0.2) is 19.9 Å². The van der Waals surface area contributed by atoms with Crippen LogP contribution in [0.5, 0.6) is 0 Å². The molecular weight excluding hydrogens is 247 g/mol. The van der Waals surface area contributed by atoms with Crippen LogP contribution in [0.1, 0.15) is 32.0 Å². The zero-order valence-corrected chi connectivity index (χ0v) is 10.8. The lowest BCUT2D eigenvalue weighted by molar-refractivity contribution is 0.695. The summed E-state index contributed by atoms with van der Waals surface area (Å²) < 4.78 is 0. The number of H-pyrrole nitrogens is 1. The average molecular weight is 263 g/mol. The predicted octanol–water partition coefficient (Wildman–Crippen LogP) is 2.93. The van der Waals surface area contributed by atoms with Crippen LogP contribution in [0.4, 0.5) is 0 Å². The molecule has 0 aliphatic carbocycles. The molecule has 1 N–H and O–H groups in total. The zero-order chi connectivity index (χ0) is 9.80. The van der Waals surface area contributed by atoms with Crippen molar-refractivity contribution in [1.82, 2.24) is 19.9 Å².